The number of halogens is 2. The number of para-hydroxylation sites is 1. The number of benzene rings is 2. The van der Waals surface area contributed by atoms with E-state index in [1.165, 1.54) is 5.56 Å². The van der Waals surface area contributed by atoms with Crippen LogP contribution in [0.25, 0.3) is 10.9 Å². The van der Waals surface area contributed by atoms with E-state index < -0.39 is 0 Å². The van der Waals surface area contributed by atoms with E-state index in [1.54, 1.807) is 0 Å². The Morgan fingerprint density at radius 3 is 2.71 bits per heavy atom. The number of ether oxygens (including phenoxy) is 1. The van der Waals surface area contributed by atoms with E-state index in [0.29, 0.717) is 6.61 Å². The van der Waals surface area contributed by atoms with Crippen LogP contribution >= 0.6 is 31.9 Å². The van der Waals surface area contributed by atoms with Gasteiger partial charge in [-0.25, -0.2) is 0 Å². The SMILES string of the molecule is BrCc1ccc(OCc2ccnc3ccccc23)c(Br)c1. The van der Waals surface area contributed by atoms with Crippen LogP contribution in [0.5, 0.6) is 5.75 Å². The molecule has 3 rings (SSSR count). The van der Waals surface area contributed by atoms with Gasteiger partial charge < -0.3 is 4.74 Å². The molecule has 0 aliphatic heterocycles. The lowest BCUT2D eigenvalue weighted by Gasteiger charge is -2.11. The molecule has 0 spiro atoms. The predicted molar refractivity (Wildman–Crippen MR) is 92.8 cm³/mol. The van der Waals surface area contributed by atoms with Gasteiger partial charge in [-0.15, -0.1) is 0 Å². The van der Waals surface area contributed by atoms with Crippen molar-refractivity contribution in [1.29, 1.82) is 0 Å². The van der Waals surface area contributed by atoms with Gasteiger partial charge in [-0.2, -0.15) is 0 Å². The van der Waals surface area contributed by atoms with E-state index in [0.717, 1.165) is 32.0 Å². The van der Waals surface area contributed by atoms with Gasteiger partial charge in [0.1, 0.15) is 12.4 Å². The quantitative estimate of drug-likeness (QED) is 0.536. The van der Waals surface area contributed by atoms with Crippen LogP contribution < -0.4 is 4.74 Å². The van der Waals surface area contributed by atoms with E-state index in [9.17, 15) is 0 Å². The first kappa shape index (κ1) is 14.5. The van der Waals surface area contributed by atoms with Crippen LogP contribution in [0.2, 0.25) is 0 Å². The third-order valence-corrected chi connectivity index (χ3v) is 4.54. The Balaban J connectivity index is 1.84. The second-order valence-corrected chi connectivity index (χ2v) is 6.09. The van der Waals surface area contributed by atoms with Crippen molar-refractivity contribution in [3.63, 3.8) is 0 Å². The molecule has 0 N–H and O–H groups in total. The zero-order valence-electron chi connectivity index (χ0n) is 11.2. The van der Waals surface area contributed by atoms with Gasteiger partial charge >= 0.3 is 0 Å². The highest BCUT2D eigenvalue weighted by atomic mass is 79.9. The second kappa shape index (κ2) is 6.58. The zero-order valence-corrected chi connectivity index (χ0v) is 14.4. The fourth-order valence-electron chi connectivity index (χ4n) is 2.18. The summed E-state index contributed by atoms with van der Waals surface area (Å²) in [5.74, 6) is 0.848. The van der Waals surface area contributed by atoms with Gasteiger partial charge in [0.2, 0.25) is 0 Å². The number of alkyl halides is 1. The topological polar surface area (TPSA) is 22.1 Å². The van der Waals surface area contributed by atoms with Crippen molar-refractivity contribution >= 4 is 42.8 Å². The molecule has 3 aromatic rings. The average molecular weight is 407 g/mol. The van der Waals surface area contributed by atoms with Crippen LogP contribution in [0.15, 0.2) is 59.2 Å². The molecule has 0 saturated heterocycles. The Bertz CT molecular complexity index is 768. The van der Waals surface area contributed by atoms with Crippen LogP contribution in [0, 0.1) is 0 Å². The average Bonchev–Trinajstić information content (AvgIpc) is 2.53. The number of hydrogen-bond donors (Lipinski definition) is 0. The monoisotopic (exact) mass is 405 g/mol. The van der Waals surface area contributed by atoms with Crippen LogP contribution in [0.4, 0.5) is 0 Å². The smallest absolute Gasteiger partial charge is 0.134 e. The molecule has 0 saturated carbocycles. The molecule has 0 atom stereocenters. The number of aromatic nitrogens is 1. The fraction of sp³-hybridized carbons (Fsp3) is 0.118. The van der Waals surface area contributed by atoms with Crippen LogP contribution in [0.3, 0.4) is 0 Å². The van der Waals surface area contributed by atoms with Crippen molar-refractivity contribution in [3.8, 4) is 5.75 Å². The number of hydrogen-bond acceptors (Lipinski definition) is 2. The summed E-state index contributed by atoms with van der Waals surface area (Å²) in [4.78, 5) is 4.37. The van der Waals surface area contributed by atoms with Crippen molar-refractivity contribution in [1.82, 2.24) is 4.98 Å². The Morgan fingerprint density at radius 1 is 1.05 bits per heavy atom. The Labute approximate surface area is 140 Å². The van der Waals surface area contributed by atoms with Crippen LogP contribution in [0.1, 0.15) is 11.1 Å². The summed E-state index contributed by atoms with van der Waals surface area (Å²) >= 11 is 7.00. The largest absolute Gasteiger partial charge is 0.488 e. The molecule has 2 nitrogen and oxygen atoms in total. The molecular weight excluding hydrogens is 394 g/mol. The maximum atomic E-state index is 5.94. The predicted octanol–water partition coefficient (Wildman–Crippen LogP) is 5.47. The van der Waals surface area contributed by atoms with E-state index in [2.05, 4.69) is 55.0 Å². The van der Waals surface area contributed by atoms with Crippen molar-refractivity contribution in [2.75, 3.05) is 0 Å². The Morgan fingerprint density at radius 2 is 1.90 bits per heavy atom. The van der Waals surface area contributed by atoms with Crippen LogP contribution in [-0.4, -0.2) is 4.98 Å². The lowest BCUT2D eigenvalue weighted by molar-refractivity contribution is 0.305. The number of rotatable bonds is 4. The van der Waals surface area contributed by atoms with Gasteiger partial charge in [0, 0.05) is 22.5 Å². The Hall–Kier alpha value is -1.39. The first-order chi connectivity index (χ1) is 10.3. The lowest BCUT2D eigenvalue weighted by atomic mass is 10.1. The standard InChI is InChI=1S/C17H13Br2NO/c18-10-12-5-6-17(15(19)9-12)21-11-13-7-8-20-16-4-2-1-3-14(13)16/h1-9H,10-11H2. The summed E-state index contributed by atoms with van der Waals surface area (Å²) in [5, 5.41) is 1.97. The third-order valence-electron chi connectivity index (χ3n) is 3.27. The van der Waals surface area contributed by atoms with Crippen molar-refractivity contribution in [3.05, 3.63) is 70.3 Å². The molecule has 0 bridgehead atoms. The first-order valence-corrected chi connectivity index (χ1v) is 8.49. The van der Waals surface area contributed by atoms with Gasteiger partial charge in [-0.1, -0.05) is 40.2 Å². The molecule has 1 heterocycles. The maximum absolute atomic E-state index is 5.94. The number of nitrogens with zero attached hydrogens (tertiary/aromatic N) is 1. The molecule has 0 radical (unpaired) electrons. The second-order valence-electron chi connectivity index (χ2n) is 4.67. The summed E-state index contributed by atoms with van der Waals surface area (Å²) in [6.45, 7) is 0.523. The fourth-order valence-corrected chi connectivity index (χ4v) is 3.07. The highest BCUT2D eigenvalue weighted by Gasteiger charge is 2.05. The lowest BCUT2D eigenvalue weighted by Crippen LogP contribution is -1.98. The molecule has 21 heavy (non-hydrogen) atoms. The number of pyridine rings is 1. The Kier molecular flexibility index (Phi) is 4.56. The molecule has 0 fully saturated rings. The molecule has 106 valence electrons. The molecule has 0 unspecified atom stereocenters. The van der Waals surface area contributed by atoms with E-state index in [-0.39, 0.29) is 0 Å². The molecular formula is C17H13Br2NO. The number of fused-ring (bicyclic) bond motifs is 1. The molecule has 4 heteroatoms. The molecule has 0 amide bonds. The van der Waals surface area contributed by atoms with E-state index in [1.807, 2.05) is 36.5 Å². The molecule has 2 aromatic carbocycles. The van der Waals surface area contributed by atoms with Gasteiger partial charge in [0.05, 0.1) is 9.99 Å². The zero-order chi connectivity index (χ0) is 14.7. The maximum Gasteiger partial charge on any atom is 0.134 e. The normalized spacial score (nSPS) is 10.8. The first-order valence-electron chi connectivity index (χ1n) is 6.58. The van der Waals surface area contributed by atoms with Crippen molar-refractivity contribution < 1.29 is 4.74 Å². The van der Waals surface area contributed by atoms with Crippen molar-refractivity contribution in [2.24, 2.45) is 0 Å². The van der Waals surface area contributed by atoms with Gasteiger partial charge in [0.25, 0.3) is 0 Å². The minimum Gasteiger partial charge on any atom is -0.488 e. The highest BCUT2D eigenvalue weighted by Crippen LogP contribution is 2.28. The van der Waals surface area contributed by atoms with E-state index in [4.69, 9.17) is 4.74 Å². The van der Waals surface area contributed by atoms with Gasteiger partial charge in [0.15, 0.2) is 0 Å². The summed E-state index contributed by atoms with van der Waals surface area (Å²) < 4.78 is 6.91. The molecule has 0 aliphatic carbocycles. The summed E-state index contributed by atoms with van der Waals surface area (Å²) in [6.07, 6.45) is 1.82. The van der Waals surface area contributed by atoms with Crippen LogP contribution in [-0.2, 0) is 11.9 Å². The molecule has 1 aromatic heterocycles. The summed E-state index contributed by atoms with van der Waals surface area (Å²) in [7, 11) is 0. The third kappa shape index (κ3) is 3.27. The van der Waals surface area contributed by atoms with E-state index >= 15 is 0 Å². The minimum atomic E-state index is 0.523. The van der Waals surface area contributed by atoms with Crippen molar-refractivity contribution in [2.45, 2.75) is 11.9 Å². The minimum absolute atomic E-state index is 0.523. The van der Waals surface area contributed by atoms with Gasteiger partial charge in [-0.3, -0.25) is 4.98 Å². The van der Waals surface area contributed by atoms with Gasteiger partial charge in [-0.05, 0) is 45.8 Å². The summed E-state index contributed by atoms with van der Waals surface area (Å²) in [5.41, 5.74) is 3.34. The summed E-state index contributed by atoms with van der Waals surface area (Å²) in [6, 6.07) is 16.2. The molecule has 0 aliphatic rings. The highest BCUT2D eigenvalue weighted by molar-refractivity contribution is 9.10.